The van der Waals surface area contributed by atoms with Gasteiger partial charge in [0.2, 0.25) is 0 Å². The molecule has 0 saturated heterocycles. The number of carboxylic acid groups (broad SMARTS) is 1. The number of carbonyl (C=O) groups is 1. The first-order valence-corrected chi connectivity index (χ1v) is 7.19. The number of ether oxygens (including phenoxy) is 1. The summed E-state index contributed by atoms with van der Waals surface area (Å²) in [6.07, 6.45) is 0.789. The molecule has 5 heteroatoms. The summed E-state index contributed by atoms with van der Waals surface area (Å²) in [5.74, 6) is -0.833. The number of hydrogen-bond donors (Lipinski definition) is 2. The van der Waals surface area contributed by atoms with Crippen molar-refractivity contribution in [2.24, 2.45) is 0 Å². The molecule has 1 rings (SSSR count). The number of aliphatic carboxylic acids is 1. The van der Waals surface area contributed by atoms with E-state index in [1.165, 1.54) is 6.07 Å². The van der Waals surface area contributed by atoms with Crippen LogP contribution in [0.2, 0.25) is 0 Å². The topological polar surface area (TPSA) is 58.6 Å². The molecule has 4 nitrogen and oxygen atoms in total. The van der Waals surface area contributed by atoms with Gasteiger partial charge in [0.05, 0.1) is 6.10 Å². The Morgan fingerprint density at radius 1 is 1.52 bits per heavy atom. The van der Waals surface area contributed by atoms with E-state index in [4.69, 9.17) is 4.74 Å². The van der Waals surface area contributed by atoms with Gasteiger partial charge in [0.1, 0.15) is 17.1 Å². The fraction of sp³-hybridized carbons (Fsp3) is 0.562. The van der Waals surface area contributed by atoms with E-state index in [9.17, 15) is 14.3 Å². The number of rotatable bonds is 8. The van der Waals surface area contributed by atoms with E-state index >= 15 is 0 Å². The molecule has 0 radical (unpaired) electrons. The van der Waals surface area contributed by atoms with Crippen LogP contribution in [0.3, 0.4) is 0 Å². The predicted octanol–water partition coefficient (Wildman–Crippen LogP) is 3.13. The van der Waals surface area contributed by atoms with Gasteiger partial charge in [-0.15, -0.1) is 0 Å². The van der Waals surface area contributed by atoms with Crippen LogP contribution in [0.5, 0.6) is 5.75 Å². The Hall–Kier alpha value is -1.62. The molecule has 2 N–H and O–H groups in total. The Morgan fingerprint density at radius 2 is 2.19 bits per heavy atom. The quantitative estimate of drug-likeness (QED) is 0.774. The molecular formula is C16H24FNO3. The van der Waals surface area contributed by atoms with E-state index in [2.05, 4.69) is 5.32 Å². The molecule has 1 aromatic rings. The molecule has 0 spiro atoms. The average Bonchev–Trinajstić information content (AvgIpc) is 2.40. The molecule has 1 aromatic carbocycles. The third-order valence-electron chi connectivity index (χ3n) is 3.41. The van der Waals surface area contributed by atoms with E-state index < -0.39 is 11.5 Å². The van der Waals surface area contributed by atoms with Crippen molar-refractivity contribution < 1.29 is 19.0 Å². The van der Waals surface area contributed by atoms with Gasteiger partial charge in [-0.2, -0.15) is 0 Å². The number of halogens is 1. The summed E-state index contributed by atoms with van der Waals surface area (Å²) in [6.45, 7) is 7.70. The highest BCUT2D eigenvalue weighted by Crippen LogP contribution is 2.21. The SMILES string of the molecule is CCCNC(C)(CC(C)Oc1ccc(C)c(F)c1)C(=O)O. The van der Waals surface area contributed by atoms with Gasteiger partial charge in [0.25, 0.3) is 0 Å². The van der Waals surface area contributed by atoms with E-state index in [1.54, 1.807) is 32.9 Å². The number of benzene rings is 1. The monoisotopic (exact) mass is 297 g/mol. The number of hydrogen-bond acceptors (Lipinski definition) is 3. The van der Waals surface area contributed by atoms with Crippen molar-refractivity contribution in [1.82, 2.24) is 5.32 Å². The third kappa shape index (κ3) is 5.01. The predicted molar refractivity (Wildman–Crippen MR) is 80.2 cm³/mol. The summed E-state index contributed by atoms with van der Waals surface area (Å²) < 4.78 is 19.1. The Morgan fingerprint density at radius 3 is 2.71 bits per heavy atom. The van der Waals surface area contributed by atoms with Crippen LogP contribution in [-0.2, 0) is 4.79 Å². The zero-order valence-corrected chi connectivity index (χ0v) is 13.1. The smallest absolute Gasteiger partial charge is 0.323 e. The lowest BCUT2D eigenvalue weighted by Crippen LogP contribution is -2.52. The van der Waals surface area contributed by atoms with Crippen molar-refractivity contribution in [3.05, 3.63) is 29.6 Å². The van der Waals surface area contributed by atoms with E-state index in [1.807, 2.05) is 6.92 Å². The van der Waals surface area contributed by atoms with E-state index in [0.29, 0.717) is 17.9 Å². The van der Waals surface area contributed by atoms with Crippen LogP contribution in [0.15, 0.2) is 18.2 Å². The molecule has 21 heavy (non-hydrogen) atoms. The van der Waals surface area contributed by atoms with Crippen LogP contribution in [0.1, 0.15) is 39.2 Å². The summed E-state index contributed by atoms with van der Waals surface area (Å²) in [5.41, 5.74) is -0.506. The van der Waals surface area contributed by atoms with Crippen molar-refractivity contribution in [1.29, 1.82) is 0 Å². The van der Waals surface area contributed by atoms with Gasteiger partial charge in [-0.1, -0.05) is 13.0 Å². The molecule has 0 aromatic heterocycles. The minimum Gasteiger partial charge on any atom is -0.491 e. The Kier molecular flexibility index (Phi) is 6.15. The molecule has 0 amide bonds. The molecule has 0 heterocycles. The summed E-state index contributed by atoms with van der Waals surface area (Å²) in [5, 5.41) is 12.4. The van der Waals surface area contributed by atoms with Gasteiger partial charge in [-0.25, -0.2) is 4.39 Å². The summed E-state index contributed by atoms with van der Waals surface area (Å²) in [6, 6.07) is 4.65. The number of nitrogens with one attached hydrogen (secondary N) is 1. The minimum absolute atomic E-state index is 0.290. The van der Waals surface area contributed by atoms with E-state index in [0.717, 1.165) is 6.42 Å². The van der Waals surface area contributed by atoms with Crippen molar-refractivity contribution >= 4 is 5.97 Å². The molecule has 0 fully saturated rings. The molecule has 0 aliphatic carbocycles. The second-order valence-electron chi connectivity index (χ2n) is 5.61. The maximum Gasteiger partial charge on any atom is 0.323 e. The second-order valence-corrected chi connectivity index (χ2v) is 5.61. The normalized spacial score (nSPS) is 15.3. The molecule has 0 saturated carbocycles. The molecule has 2 unspecified atom stereocenters. The van der Waals surface area contributed by atoms with Gasteiger partial charge in [0, 0.05) is 12.5 Å². The lowest BCUT2D eigenvalue weighted by Gasteiger charge is -2.29. The highest BCUT2D eigenvalue weighted by molar-refractivity contribution is 5.78. The van der Waals surface area contributed by atoms with Crippen LogP contribution < -0.4 is 10.1 Å². The average molecular weight is 297 g/mol. The van der Waals surface area contributed by atoms with Crippen LogP contribution in [-0.4, -0.2) is 29.3 Å². The largest absolute Gasteiger partial charge is 0.491 e. The highest BCUT2D eigenvalue weighted by atomic mass is 19.1. The first kappa shape index (κ1) is 17.4. The lowest BCUT2D eigenvalue weighted by molar-refractivity contribution is -0.145. The third-order valence-corrected chi connectivity index (χ3v) is 3.41. The van der Waals surface area contributed by atoms with Crippen molar-refractivity contribution in [3.8, 4) is 5.75 Å². The van der Waals surface area contributed by atoms with Crippen LogP contribution in [0.4, 0.5) is 4.39 Å². The Bertz CT molecular complexity index is 492. The van der Waals surface area contributed by atoms with Gasteiger partial charge in [-0.05, 0) is 45.4 Å². The second kappa shape index (κ2) is 7.41. The zero-order valence-electron chi connectivity index (χ0n) is 13.1. The number of carboxylic acids is 1. The van der Waals surface area contributed by atoms with Crippen molar-refractivity contribution in [3.63, 3.8) is 0 Å². The molecule has 0 aliphatic heterocycles. The standard InChI is InChI=1S/C16H24FNO3/c1-5-8-18-16(4,15(19)20)10-12(3)21-13-7-6-11(2)14(17)9-13/h6-7,9,12,18H,5,8,10H2,1-4H3,(H,19,20). The number of aryl methyl sites for hydroxylation is 1. The summed E-state index contributed by atoms with van der Waals surface area (Å²) in [7, 11) is 0. The highest BCUT2D eigenvalue weighted by Gasteiger charge is 2.34. The first-order valence-electron chi connectivity index (χ1n) is 7.19. The van der Waals surface area contributed by atoms with Crippen LogP contribution >= 0.6 is 0 Å². The van der Waals surface area contributed by atoms with Gasteiger partial charge in [-0.3, -0.25) is 4.79 Å². The zero-order chi connectivity index (χ0) is 16.0. The molecule has 0 aliphatic rings. The summed E-state index contributed by atoms with van der Waals surface area (Å²) in [4.78, 5) is 11.4. The summed E-state index contributed by atoms with van der Waals surface area (Å²) >= 11 is 0. The van der Waals surface area contributed by atoms with E-state index in [-0.39, 0.29) is 18.3 Å². The Labute approximate surface area is 125 Å². The van der Waals surface area contributed by atoms with Gasteiger partial charge < -0.3 is 15.2 Å². The molecule has 0 bridgehead atoms. The molecular weight excluding hydrogens is 273 g/mol. The van der Waals surface area contributed by atoms with Crippen molar-refractivity contribution in [2.45, 2.75) is 52.2 Å². The molecule has 2 atom stereocenters. The van der Waals surface area contributed by atoms with Crippen molar-refractivity contribution in [2.75, 3.05) is 6.54 Å². The fourth-order valence-electron chi connectivity index (χ4n) is 2.13. The Balaban J connectivity index is 2.71. The first-order chi connectivity index (χ1) is 9.78. The van der Waals surface area contributed by atoms with Crippen LogP contribution in [0, 0.1) is 12.7 Å². The maximum atomic E-state index is 13.5. The van der Waals surface area contributed by atoms with Gasteiger partial charge in [0.15, 0.2) is 0 Å². The van der Waals surface area contributed by atoms with Crippen LogP contribution in [0.25, 0.3) is 0 Å². The molecule has 118 valence electrons. The fourth-order valence-corrected chi connectivity index (χ4v) is 2.13. The minimum atomic E-state index is -1.06. The maximum absolute atomic E-state index is 13.5. The van der Waals surface area contributed by atoms with Gasteiger partial charge >= 0.3 is 5.97 Å². The lowest BCUT2D eigenvalue weighted by atomic mass is 9.94.